The van der Waals surface area contributed by atoms with E-state index in [1.54, 1.807) is 11.8 Å². The Morgan fingerprint density at radius 3 is 2.79 bits per heavy atom. The van der Waals surface area contributed by atoms with E-state index in [0.717, 1.165) is 19.3 Å². The summed E-state index contributed by atoms with van der Waals surface area (Å²) in [4.78, 5) is 0.0922. The molecule has 1 aromatic carbocycles. The highest BCUT2D eigenvalue weighted by Gasteiger charge is 2.30. The molecule has 0 bridgehead atoms. The number of nitrogens with one attached hydrogen (secondary N) is 1. The number of phenolic OH excluding ortho intramolecular Hbond substituents is 1. The first-order chi connectivity index (χ1) is 8.94. The quantitative estimate of drug-likeness (QED) is 0.579. The van der Waals surface area contributed by atoms with Gasteiger partial charge in [-0.25, -0.2) is 13.1 Å². The van der Waals surface area contributed by atoms with Crippen LogP contribution in [-0.4, -0.2) is 31.1 Å². The van der Waals surface area contributed by atoms with Crippen LogP contribution in [0.15, 0.2) is 23.1 Å². The van der Waals surface area contributed by atoms with Crippen molar-refractivity contribution in [2.45, 2.75) is 35.4 Å². The Morgan fingerprint density at radius 2 is 2.16 bits per heavy atom. The van der Waals surface area contributed by atoms with Crippen molar-refractivity contribution in [1.29, 1.82) is 0 Å². The van der Waals surface area contributed by atoms with Gasteiger partial charge in [-0.2, -0.15) is 11.8 Å². The molecule has 1 aliphatic carbocycles. The third-order valence-electron chi connectivity index (χ3n) is 3.37. The molecule has 0 saturated heterocycles. The fraction of sp³-hybridized carbons (Fsp3) is 0.500. The Hall–Kier alpha value is -0.920. The van der Waals surface area contributed by atoms with Crippen molar-refractivity contribution in [1.82, 2.24) is 4.72 Å². The smallest absolute Gasteiger partial charge is 0.240 e. The van der Waals surface area contributed by atoms with E-state index in [1.807, 2.05) is 6.26 Å². The highest BCUT2D eigenvalue weighted by molar-refractivity contribution is 7.99. The average molecular weight is 302 g/mol. The lowest BCUT2D eigenvalue weighted by Gasteiger charge is -2.19. The van der Waals surface area contributed by atoms with E-state index in [-0.39, 0.29) is 22.4 Å². The topological polar surface area (TPSA) is 92.4 Å². The fourth-order valence-electron chi connectivity index (χ4n) is 2.31. The van der Waals surface area contributed by atoms with Crippen LogP contribution in [-0.2, 0) is 10.0 Å². The fourth-order valence-corrected chi connectivity index (χ4v) is 4.68. The highest BCUT2D eigenvalue weighted by atomic mass is 32.2. The van der Waals surface area contributed by atoms with E-state index in [2.05, 4.69) is 4.72 Å². The van der Waals surface area contributed by atoms with Gasteiger partial charge in [-0.1, -0.05) is 6.42 Å². The van der Waals surface area contributed by atoms with Gasteiger partial charge in [0.15, 0.2) is 0 Å². The minimum atomic E-state index is -3.58. The molecule has 0 radical (unpaired) electrons. The minimum Gasteiger partial charge on any atom is -0.506 e. The van der Waals surface area contributed by atoms with Crippen LogP contribution in [0.3, 0.4) is 0 Å². The molecule has 5 nitrogen and oxygen atoms in total. The number of thioether (sulfide) groups is 1. The van der Waals surface area contributed by atoms with E-state index >= 15 is 0 Å². The van der Waals surface area contributed by atoms with Crippen LogP contribution < -0.4 is 10.5 Å². The van der Waals surface area contributed by atoms with Gasteiger partial charge in [-0.3, -0.25) is 0 Å². The van der Waals surface area contributed by atoms with Crippen LogP contribution in [0.25, 0.3) is 0 Å². The third-order valence-corrected chi connectivity index (χ3v) is 6.03. The number of phenols is 1. The summed E-state index contributed by atoms with van der Waals surface area (Å²) in [6, 6.07) is 3.90. The molecule has 1 fully saturated rings. The average Bonchev–Trinajstić information content (AvgIpc) is 2.79. The zero-order valence-corrected chi connectivity index (χ0v) is 12.3. The van der Waals surface area contributed by atoms with E-state index in [9.17, 15) is 13.5 Å². The molecule has 1 aromatic rings. The van der Waals surface area contributed by atoms with E-state index in [4.69, 9.17) is 5.73 Å². The standard InChI is InChI=1S/C12H18N2O3S2/c1-18-12-4-2-3-10(12)14-19(16,17)8-5-6-11(15)9(13)7-8/h5-7,10,12,14-15H,2-4,13H2,1H3. The number of nitrogen functional groups attached to an aromatic ring is 1. The molecule has 19 heavy (non-hydrogen) atoms. The molecule has 0 spiro atoms. The summed E-state index contributed by atoms with van der Waals surface area (Å²) >= 11 is 1.69. The molecule has 1 saturated carbocycles. The summed E-state index contributed by atoms with van der Waals surface area (Å²) < 4.78 is 27.2. The van der Waals surface area contributed by atoms with Crippen LogP contribution in [0.4, 0.5) is 5.69 Å². The summed E-state index contributed by atoms with van der Waals surface area (Å²) in [5.41, 5.74) is 5.60. The maximum atomic E-state index is 12.3. The summed E-state index contributed by atoms with van der Waals surface area (Å²) in [7, 11) is -3.58. The van der Waals surface area contributed by atoms with E-state index in [1.165, 1.54) is 18.2 Å². The van der Waals surface area contributed by atoms with Crippen molar-refractivity contribution in [3.05, 3.63) is 18.2 Å². The van der Waals surface area contributed by atoms with Gasteiger partial charge in [0.05, 0.1) is 10.6 Å². The summed E-state index contributed by atoms with van der Waals surface area (Å²) in [5, 5.41) is 9.65. The second kappa shape index (κ2) is 5.60. The number of rotatable bonds is 4. The molecular formula is C12H18N2O3S2. The number of sulfonamides is 1. The van der Waals surface area contributed by atoms with Crippen molar-refractivity contribution < 1.29 is 13.5 Å². The lowest BCUT2D eigenvalue weighted by Crippen LogP contribution is -2.38. The molecular weight excluding hydrogens is 284 g/mol. The van der Waals surface area contributed by atoms with Gasteiger partial charge in [0, 0.05) is 11.3 Å². The molecule has 1 aliphatic rings. The molecule has 0 aliphatic heterocycles. The van der Waals surface area contributed by atoms with Crippen molar-refractivity contribution in [3.8, 4) is 5.75 Å². The maximum absolute atomic E-state index is 12.3. The Morgan fingerprint density at radius 1 is 1.42 bits per heavy atom. The predicted molar refractivity (Wildman–Crippen MR) is 77.8 cm³/mol. The first-order valence-corrected chi connectivity index (χ1v) is 8.85. The third kappa shape index (κ3) is 3.16. The number of benzene rings is 1. The largest absolute Gasteiger partial charge is 0.506 e. The number of hydrogen-bond acceptors (Lipinski definition) is 5. The summed E-state index contributed by atoms with van der Waals surface area (Å²) in [6.07, 6.45) is 4.93. The Bertz CT molecular complexity index is 560. The number of nitrogens with two attached hydrogens (primary N) is 1. The molecule has 2 unspecified atom stereocenters. The highest BCUT2D eigenvalue weighted by Crippen LogP contribution is 2.30. The molecule has 106 valence electrons. The second-order valence-corrected chi connectivity index (χ2v) is 7.44. The van der Waals surface area contributed by atoms with Gasteiger partial charge >= 0.3 is 0 Å². The number of hydrogen-bond donors (Lipinski definition) is 3. The van der Waals surface area contributed by atoms with Crippen LogP contribution in [0.2, 0.25) is 0 Å². The SMILES string of the molecule is CSC1CCCC1NS(=O)(=O)c1ccc(O)c(N)c1. The van der Waals surface area contributed by atoms with Crippen LogP contribution in [0.1, 0.15) is 19.3 Å². The molecule has 2 atom stereocenters. The molecule has 2 rings (SSSR count). The summed E-state index contributed by atoms with van der Waals surface area (Å²) in [5.74, 6) is -0.109. The van der Waals surface area contributed by atoms with Crippen molar-refractivity contribution >= 4 is 27.5 Å². The van der Waals surface area contributed by atoms with Gasteiger partial charge in [0.1, 0.15) is 5.75 Å². The first kappa shape index (κ1) is 14.5. The van der Waals surface area contributed by atoms with Crippen molar-refractivity contribution in [2.24, 2.45) is 0 Å². The maximum Gasteiger partial charge on any atom is 0.240 e. The first-order valence-electron chi connectivity index (χ1n) is 6.07. The van der Waals surface area contributed by atoms with Gasteiger partial charge in [0.2, 0.25) is 10.0 Å². The number of anilines is 1. The normalized spacial score (nSPS) is 23.6. The molecule has 7 heteroatoms. The second-order valence-electron chi connectivity index (χ2n) is 4.65. The van der Waals surface area contributed by atoms with Crippen LogP contribution in [0, 0.1) is 0 Å². The molecule has 0 heterocycles. The Kier molecular flexibility index (Phi) is 4.27. The van der Waals surface area contributed by atoms with Gasteiger partial charge in [-0.05, 0) is 37.3 Å². The van der Waals surface area contributed by atoms with Crippen molar-refractivity contribution in [3.63, 3.8) is 0 Å². The lowest BCUT2D eigenvalue weighted by molar-refractivity contribution is 0.477. The van der Waals surface area contributed by atoms with Crippen LogP contribution >= 0.6 is 11.8 Å². The molecule has 0 amide bonds. The Labute approximate surface area is 117 Å². The summed E-state index contributed by atoms with van der Waals surface area (Å²) in [6.45, 7) is 0. The van der Waals surface area contributed by atoms with Gasteiger partial charge in [-0.15, -0.1) is 0 Å². The van der Waals surface area contributed by atoms with Crippen LogP contribution in [0.5, 0.6) is 5.75 Å². The molecule has 4 N–H and O–H groups in total. The predicted octanol–water partition coefficient (Wildman–Crippen LogP) is 1.54. The minimum absolute atomic E-state index is 0.0324. The van der Waals surface area contributed by atoms with Gasteiger partial charge in [0.25, 0.3) is 0 Å². The zero-order chi connectivity index (χ0) is 14.0. The number of aromatic hydroxyl groups is 1. The monoisotopic (exact) mass is 302 g/mol. The lowest BCUT2D eigenvalue weighted by atomic mass is 10.3. The zero-order valence-electron chi connectivity index (χ0n) is 10.7. The molecule has 0 aromatic heterocycles. The van der Waals surface area contributed by atoms with E-state index < -0.39 is 10.0 Å². The van der Waals surface area contributed by atoms with E-state index in [0.29, 0.717) is 5.25 Å². The van der Waals surface area contributed by atoms with Gasteiger partial charge < -0.3 is 10.8 Å². The Balaban J connectivity index is 2.20. The van der Waals surface area contributed by atoms with Crippen molar-refractivity contribution in [2.75, 3.05) is 12.0 Å².